The molecule has 8 heavy (non-hydrogen) atoms. The van der Waals surface area contributed by atoms with Crippen LogP contribution in [0.15, 0.2) is 0 Å². The first-order chi connectivity index (χ1) is 3.15. The van der Waals surface area contributed by atoms with Crippen molar-refractivity contribution in [3.63, 3.8) is 0 Å². The van der Waals surface area contributed by atoms with E-state index in [2.05, 4.69) is 21.0 Å². The van der Waals surface area contributed by atoms with Gasteiger partial charge in [-0.15, -0.1) is 0 Å². The first-order valence-corrected chi connectivity index (χ1v) is 2.60. The molecule has 2 nitrogen and oxygen atoms in total. The highest BCUT2D eigenvalue weighted by Gasteiger charge is 2.46. The molecule has 1 N–H and O–H groups in total. The molecule has 1 rings (SSSR count). The van der Waals surface area contributed by atoms with E-state index >= 15 is 0 Å². The Kier molecular flexibility index (Phi) is 2.27. The fourth-order valence-corrected chi connectivity index (χ4v) is 0.397. The Morgan fingerprint density at radius 2 is 1.88 bits per heavy atom. The van der Waals surface area contributed by atoms with E-state index in [1.54, 1.807) is 0 Å². The number of nitrogens with one attached hydrogen (secondary N) is 1. The van der Waals surface area contributed by atoms with Crippen molar-refractivity contribution in [2.45, 2.75) is 12.6 Å². The van der Waals surface area contributed by atoms with E-state index in [1.807, 2.05) is 0 Å². The number of hydrogen-bond donors (Lipinski definition) is 1. The van der Waals surface area contributed by atoms with Crippen molar-refractivity contribution in [1.82, 2.24) is 0 Å². The van der Waals surface area contributed by atoms with E-state index in [-0.39, 0.29) is 18.1 Å². The maximum atomic E-state index is 5.12. The summed E-state index contributed by atoms with van der Waals surface area (Å²) in [6.07, 6.45) is 0. The van der Waals surface area contributed by atoms with Crippen LogP contribution in [0.4, 0.5) is 0 Å². The van der Waals surface area contributed by atoms with Crippen LogP contribution in [-0.2, 0) is 4.74 Å². The van der Waals surface area contributed by atoms with Gasteiger partial charge in [-0.2, -0.15) is 0 Å². The van der Waals surface area contributed by atoms with Crippen molar-refractivity contribution in [1.29, 1.82) is 0 Å². The summed E-state index contributed by atoms with van der Waals surface area (Å²) in [6, 6.07) is 0. The minimum Gasteiger partial charge on any atom is -1.00 e. The van der Waals surface area contributed by atoms with Gasteiger partial charge in [0.25, 0.3) is 0 Å². The summed E-state index contributed by atoms with van der Waals surface area (Å²) in [5.41, 5.74) is 0.167. The molecule has 0 spiro atoms. The first kappa shape index (κ1) is 8.21. The number of rotatable bonds is 1. The Morgan fingerprint density at radius 1 is 1.50 bits per heavy atom. The molecule has 1 atom stereocenters. The van der Waals surface area contributed by atoms with Crippen LogP contribution in [0.2, 0.25) is 0 Å². The fourth-order valence-electron chi connectivity index (χ4n) is 0.397. The van der Waals surface area contributed by atoms with Crippen molar-refractivity contribution < 1.29 is 22.0 Å². The van der Waals surface area contributed by atoms with Crippen LogP contribution in [0.25, 0.3) is 0 Å². The van der Waals surface area contributed by atoms with Gasteiger partial charge < -0.3 is 22.0 Å². The van der Waals surface area contributed by atoms with Crippen molar-refractivity contribution in [3.05, 3.63) is 0 Å². The average molecular weight is 138 g/mol. The second kappa shape index (κ2) is 2.21. The highest BCUT2D eigenvalue weighted by molar-refractivity contribution is 4.71. The molecule has 0 aliphatic carbocycles. The zero-order valence-corrected chi connectivity index (χ0v) is 6.25. The van der Waals surface area contributed by atoms with Crippen molar-refractivity contribution in [2.75, 3.05) is 20.7 Å². The summed E-state index contributed by atoms with van der Waals surface area (Å²) < 4.78 is 5.12. The molecule has 1 heterocycles. The van der Waals surface area contributed by atoms with E-state index < -0.39 is 0 Å². The second-order valence-electron chi connectivity index (χ2n) is 2.52. The van der Waals surface area contributed by atoms with Crippen LogP contribution in [0.1, 0.15) is 6.92 Å². The van der Waals surface area contributed by atoms with Crippen LogP contribution in [-0.4, -0.2) is 26.4 Å². The number of ether oxygens (including phenoxy) is 1. The maximum absolute atomic E-state index is 5.12. The van der Waals surface area contributed by atoms with Gasteiger partial charge in [0.1, 0.15) is 6.61 Å². The van der Waals surface area contributed by atoms with Gasteiger partial charge in [0.2, 0.25) is 5.72 Å². The van der Waals surface area contributed by atoms with Crippen molar-refractivity contribution in [2.24, 2.45) is 0 Å². The molecule has 3 heteroatoms. The SMILES string of the molecule is C[NH+](C)C1(C)CO1.[Cl-]. The Morgan fingerprint density at radius 3 is 1.88 bits per heavy atom. The third-order valence-corrected chi connectivity index (χ3v) is 1.64. The lowest BCUT2D eigenvalue weighted by molar-refractivity contribution is -0.907. The lowest BCUT2D eigenvalue weighted by Crippen LogP contribution is -3.11. The predicted molar refractivity (Wildman–Crippen MR) is 27.2 cm³/mol. The van der Waals surface area contributed by atoms with E-state index in [4.69, 9.17) is 4.74 Å². The predicted octanol–water partition coefficient (Wildman–Crippen LogP) is -4.12. The number of epoxide rings is 1. The third-order valence-electron chi connectivity index (χ3n) is 1.64. The fraction of sp³-hybridized carbons (Fsp3) is 1.00. The van der Waals surface area contributed by atoms with Gasteiger partial charge in [-0.3, -0.25) is 0 Å². The molecule has 1 fully saturated rings. The highest BCUT2D eigenvalue weighted by atomic mass is 35.5. The Hall–Kier alpha value is 0.210. The van der Waals surface area contributed by atoms with E-state index in [0.717, 1.165) is 6.61 Å². The maximum Gasteiger partial charge on any atom is 0.222 e. The quantitative estimate of drug-likeness (QED) is 0.364. The standard InChI is InChI=1S/C5H11NO.ClH/c1-5(4-7-5)6(2)3;/h4H2,1-3H3;1H. The van der Waals surface area contributed by atoms with Gasteiger partial charge in [0.05, 0.1) is 14.1 Å². The summed E-state index contributed by atoms with van der Waals surface area (Å²) in [5.74, 6) is 0. The van der Waals surface area contributed by atoms with Gasteiger partial charge in [0, 0.05) is 6.92 Å². The summed E-state index contributed by atoms with van der Waals surface area (Å²) in [4.78, 5) is 1.38. The van der Waals surface area contributed by atoms with Gasteiger partial charge in [-0.05, 0) is 0 Å². The molecule has 1 unspecified atom stereocenters. The zero-order chi connectivity index (χ0) is 5.49. The van der Waals surface area contributed by atoms with Crippen LogP contribution in [0, 0.1) is 0 Å². The molecular formula is C5H12ClNO. The summed E-state index contributed by atoms with van der Waals surface area (Å²) in [6.45, 7) is 3.04. The lowest BCUT2D eigenvalue weighted by Gasteiger charge is -2.09. The van der Waals surface area contributed by atoms with Gasteiger partial charge in [-0.1, -0.05) is 0 Å². The lowest BCUT2D eigenvalue weighted by atomic mass is 10.4. The summed E-state index contributed by atoms with van der Waals surface area (Å²) in [7, 11) is 4.21. The molecule has 0 bridgehead atoms. The van der Waals surface area contributed by atoms with E-state index in [0.29, 0.717) is 0 Å². The third kappa shape index (κ3) is 1.34. The van der Waals surface area contributed by atoms with Gasteiger partial charge in [-0.25, -0.2) is 0 Å². The molecule has 1 saturated heterocycles. The Balaban J connectivity index is 0.000000490. The number of hydrogen-bond acceptors (Lipinski definition) is 1. The van der Waals surface area contributed by atoms with Gasteiger partial charge >= 0.3 is 0 Å². The minimum atomic E-state index is 0. The van der Waals surface area contributed by atoms with Gasteiger partial charge in [0.15, 0.2) is 0 Å². The molecule has 0 aromatic carbocycles. The average Bonchev–Trinajstić information content (AvgIpc) is 2.21. The van der Waals surface area contributed by atoms with Crippen LogP contribution < -0.4 is 17.3 Å². The second-order valence-corrected chi connectivity index (χ2v) is 2.52. The van der Waals surface area contributed by atoms with Crippen LogP contribution in [0.3, 0.4) is 0 Å². The Bertz CT molecular complexity index is 80.5. The monoisotopic (exact) mass is 137 g/mol. The normalized spacial score (nSPS) is 34.5. The molecule has 0 aromatic rings. The molecule has 0 aromatic heterocycles. The smallest absolute Gasteiger partial charge is 0.222 e. The number of quaternary nitrogens is 1. The topological polar surface area (TPSA) is 17.0 Å². The summed E-state index contributed by atoms with van der Waals surface area (Å²) >= 11 is 0. The Labute approximate surface area is 56.2 Å². The largest absolute Gasteiger partial charge is 1.00 e. The van der Waals surface area contributed by atoms with Crippen LogP contribution in [0.5, 0.6) is 0 Å². The first-order valence-electron chi connectivity index (χ1n) is 2.60. The minimum absolute atomic E-state index is 0. The van der Waals surface area contributed by atoms with Crippen molar-refractivity contribution in [3.8, 4) is 0 Å². The molecule has 1 aliphatic heterocycles. The molecular weight excluding hydrogens is 126 g/mol. The molecule has 1 aliphatic rings. The number of halogens is 1. The highest BCUT2D eigenvalue weighted by Crippen LogP contribution is 2.15. The molecule has 50 valence electrons. The number of likely N-dealkylation sites (N-methyl/N-ethyl adjacent to an activating group) is 1. The molecule has 0 radical (unpaired) electrons. The summed E-state index contributed by atoms with van der Waals surface area (Å²) in [5, 5.41) is 0. The van der Waals surface area contributed by atoms with E-state index in [1.165, 1.54) is 4.90 Å². The molecule has 0 amide bonds. The van der Waals surface area contributed by atoms with E-state index in [9.17, 15) is 0 Å². The van der Waals surface area contributed by atoms with Crippen LogP contribution >= 0.6 is 0 Å². The zero-order valence-electron chi connectivity index (χ0n) is 5.49. The molecule has 0 saturated carbocycles. The van der Waals surface area contributed by atoms with Crippen molar-refractivity contribution >= 4 is 0 Å².